The van der Waals surface area contributed by atoms with Gasteiger partial charge >= 0.3 is 0 Å². The third-order valence-electron chi connectivity index (χ3n) is 5.75. The highest BCUT2D eigenvalue weighted by molar-refractivity contribution is 6.01. The second kappa shape index (κ2) is 7.40. The van der Waals surface area contributed by atoms with E-state index in [4.69, 9.17) is 4.98 Å². The first kappa shape index (κ1) is 19.3. The first-order valence-corrected chi connectivity index (χ1v) is 10.2. The maximum Gasteiger partial charge on any atom is 0.220 e. The lowest BCUT2D eigenvalue weighted by Gasteiger charge is -2.13. The fraction of sp³-hybridized carbons (Fsp3) is 0.269. The van der Waals surface area contributed by atoms with Gasteiger partial charge in [-0.25, -0.2) is 0 Å². The molecule has 0 bridgehead atoms. The largest absolute Gasteiger partial charge is 0.257 e. The smallest absolute Gasteiger partial charge is 0.220 e. The van der Waals surface area contributed by atoms with Gasteiger partial charge in [0, 0.05) is 11.6 Å². The normalized spacial score (nSPS) is 11.4. The van der Waals surface area contributed by atoms with E-state index in [1.165, 1.54) is 38.7 Å². The zero-order valence-corrected chi connectivity index (χ0v) is 18.1. The molecule has 3 nitrogen and oxygen atoms in total. The molecule has 0 aliphatic heterocycles. The predicted molar refractivity (Wildman–Crippen MR) is 120 cm³/mol. The topological polar surface area (TPSA) is 29.7 Å². The minimum atomic E-state index is 0.374. The molecule has 0 radical (unpaired) electrons. The van der Waals surface area contributed by atoms with Gasteiger partial charge in [0.25, 0.3) is 0 Å². The van der Waals surface area contributed by atoms with Crippen LogP contribution in [0.5, 0.6) is 0 Å². The highest BCUT2D eigenvalue weighted by Crippen LogP contribution is 2.34. The molecule has 2 aromatic heterocycles. The van der Waals surface area contributed by atoms with E-state index in [1.54, 1.807) is 0 Å². The average Bonchev–Trinajstić information content (AvgIpc) is 2.70. The monoisotopic (exact) mass is 382 g/mol. The molecule has 0 atom stereocenters. The van der Waals surface area contributed by atoms with Gasteiger partial charge in [-0.15, -0.1) is 0 Å². The van der Waals surface area contributed by atoms with Gasteiger partial charge in [0.1, 0.15) is 7.05 Å². The Morgan fingerprint density at radius 1 is 0.862 bits per heavy atom. The van der Waals surface area contributed by atoms with Gasteiger partial charge in [0.05, 0.1) is 34.1 Å². The lowest BCUT2D eigenvalue weighted by atomic mass is 9.93. The Bertz CT molecular complexity index is 1210. The summed E-state index contributed by atoms with van der Waals surface area (Å²) in [6.07, 6.45) is 5.99. The molecule has 3 heteroatoms. The maximum atomic E-state index is 4.73. The minimum Gasteiger partial charge on any atom is -0.257 e. The van der Waals surface area contributed by atoms with Crippen LogP contribution in [-0.4, -0.2) is 9.97 Å². The van der Waals surface area contributed by atoms with Gasteiger partial charge in [-0.05, 0) is 49.9 Å². The molecule has 4 rings (SSSR count). The van der Waals surface area contributed by atoms with Crippen molar-refractivity contribution in [2.45, 2.75) is 40.5 Å². The second-order valence-electron chi connectivity index (χ2n) is 8.28. The first-order valence-electron chi connectivity index (χ1n) is 10.2. The molecule has 146 valence electrons. The second-order valence-corrected chi connectivity index (χ2v) is 8.28. The number of nitrogens with zero attached hydrogens (tertiary/aromatic N) is 3. The summed E-state index contributed by atoms with van der Waals surface area (Å²) in [5.74, 6) is 0.374. The Labute approximate surface area is 173 Å². The zero-order valence-electron chi connectivity index (χ0n) is 18.1. The van der Waals surface area contributed by atoms with Crippen molar-refractivity contribution < 1.29 is 4.57 Å². The van der Waals surface area contributed by atoms with E-state index in [-0.39, 0.29) is 0 Å². The van der Waals surface area contributed by atoms with E-state index in [0.29, 0.717) is 5.92 Å². The van der Waals surface area contributed by atoms with Gasteiger partial charge in [0.2, 0.25) is 5.69 Å². The van der Waals surface area contributed by atoms with Crippen LogP contribution in [0.4, 0.5) is 0 Å². The van der Waals surface area contributed by atoms with Crippen LogP contribution >= 0.6 is 0 Å². The number of aryl methyl sites for hydroxylation is 3. The van der Waals surface area contributed by atoms with Crippen molar-refractivity contribution in [2.75, 3.05) is 0 Å². The molecule has 0 aliphatic rings. The highest BCUT2D eigenvalue weighted by atomic mass is 14.9. The van der Waals surface area contributed by atoms with E-state index >= 15 is 0 Å². The van der Waals surface area contributed by atoms with Crippen LogP contribution in [0, 0.1) is 20.8 Å². The molecule has 2 heterocycles. The molecule has 0 saturated heterocycles. The molecule has 0 amide bonds. The van der Waals surface area contributed by atoms with Crippen LogP contribution in [0.3, 0.4) is 0 Å². The molecular formula is C26H28N3+. The number of rotatable bonds is 3. The summed E-state index contributed by atoms with van der Waals surface area (Å²) in [4.78, 5) is 9.37. The zero-order chi connectivity index (χ0) is 20.7. The summed E-state index contributed by atoms with van der Waals surface area (Å²) in [5, 5.41) is 2.43. The summed E-state index contributed by atoms with van der Waals surface area (Å²) in [5.41, 5.74) is 9.49. The van der Waals surface area contributed by atoms with Gasteiger partial charge < -0.3 is 0 Å². The van der Waals surface area contributed by atoms with E-state index in [9.17, 15) is 0 Å². The maximum absolute atomic E-state index is 4.73. The van der Waals surface area contributed by atoms with E-state index in [2.05, 4.69) is 93.8 Å². The van der Waals surface area contributed by atoms with E-state index in [0.717, 1.165) is 17.0 Å². The van der Waals surface area contributed by atoms with Crippen molar-refractivity contribution in [1.82, 2.24) is 9.97 Å². The van der Waals surface area contributed by atoms with Gasteiger partial charge in [-0.2, -0.15) is 4.57 Å². The Morgan fingerprint density at radius 3 is 2.24 bits per heavy atom. The molecule has 0 N–H and O–H groups in total. The van der Waals surface area contributed by atoms with E-state index in [1.807, 2.05) is 12.4 Å². The fourth-order valence-corrected chi connectivity index (χ4v) is 4.04. The van der Waals surface area contributed by atoms with Crippen LogP contribution in [-0.2, 0) is 7.05 Å². The standard InChI is InChI=1S/C26H28N3/c1-16(2)24-13-28-25(14-27-24)23-15-29(6)26(21-10-8-7-9-20(21)23)22-12-17(3)11-18(4)19(22)5/h7-16H,1-6H3/q+1. The van der Waals surface area contributed by atoms with Crippen molar-refractivity contribution in [3.05, 3.63) is 77.4 Å². The summed E-state index contributed by atoms with van der Waals surface area (Å²) >= 11 is 0. The van der Waals surface area contributed by atoms with Gasteiger partial charge in [-0.1, -0.05) is 43.7 Å². The third-order valence-corrected chi connectivity index (χ3v) is 5.75. The lowest BCUT2D eigenvalue weighted by Crippen LogP contribution is -2.31. The fourth-order valence-electron chi connectivity index (χ4n) is 4.04. The Kier molecular flexibility index (Phi) is 4.91. The molecule has 4 aromatic rings. The molecule has 0 saturated carbocycles. The quantitative estimate of drug-likeness (QED) is 0.417. The summed E-state index contributed by atoms with van der Waals surface area (Å²) in [6, 6.07) is 13.1. The molecule has 0 unspecified atom stereocenters. The summed E-state index contributed by atoms with van der Waals surface area (Å²) < 4.78 is 2.23. The van der Waals surface area contributed by atoms with E-state index < -0.39 is 0 Å². The number of hydrogen-bond acceptors (Lipinski definition) is 2. The molecule has 2 aromatic carbocycles. The number of aromatic nitrogens is 3. The predicted octanol–water partition coefficient (Wildman–Crippen LogP) is 5.84. The molecule has 29 heavy (non-hydrogen) atoms. The van der Waals surface area contributed by atoms with Crippen molar-refractivity contribution >= 4 is 10.8 Å². The average molecular weight is 383 g/mol. The SMILES string of the molecule is Cc1cc(C)c(C)c(-c2c3ccccc3c(-c3cnc(C(C)C)cn3)c[n+]2C)c1. The molecule has 0 spiro atoms. The molecule has 0 fully saturated rings. The minimum absolute atomic E-state index is 0.374. The number of hydrogen-bond donors (Lipinski definition) is 0. The van der Waals surface area contributed by atoms with Crippen molar-refractivity contribution in [3.8, 4) is 22.5 Å². The van der Waals surface area contributed by atoms with Crippen molar-refractivity contribution in [3.63, 3.8) is 0 Å². The van der Waals surface area contributed by atoms with Crippen molar-refractivity contribution in [2.24, 2.45) is 7.05 Å². The van der Waals surface area contributed by atoms with Crippen LogP contribution in [0.2, 0.25) is 0 Å². The van der Waals surface area contributed by atoms with Crippen LogP contribution in [0.25, 0.3) is 33.3 Å². The lowest BCUT2D eigenvalue weighted by molar-refractivity contribution is -0.658. The van der Waals surface area contributed by atoms with Crippen LogP contribution in [0.1, 0.15) is 42.1 Å². The molecular weight excluding hydrogens is 354 g/mol. The first-order chi connectivity index (χ1) is 13.9. The molecule has 0 aliphatic carbocycles. The van der Waals surface area contributed by atoms with Gasteiger partial charge in [0.15, 0.2) is 6.20 Å². The van der Waals surface area contributed by atoms with Gasteiger partial charge in [-0.3, -0.25) is 9.97 Å². The third kappa shape index (κ3) is 3.42. The Morgan fingerprint density at radius 2 is 1.59 bits per heavy atom. The number of pyridine rings is 1. The van der Waals surface area contributed by atoms with Crippen molar-refractivity contribution in [1.29, 1.82) is 0 Å². The summed E-state index contributed by atoms with van der Waals surface area (Å²) in [6.45, 7) is 10.8. The van der Waals surface area contributed by atoms with Crippen LogP contribution < -0.4 is 4.57 Å². The Balaban J connectivity index is 2.00. The highest BCUT2D eigenvalue weighted by Gasteiger charge is 2.22. The Hall–Kier alpha value is -3.07. The summed E-state index contributed by atoms with van der Waals surface area (Å²) in [7, 11) is 2.12. The van der Waals surface area contributed by atoms with Crippen LogP contribution in [0.15, 0.2) is 55.0 Å². The number of benzene rings is 2. The number of fused-ring (bicyclic) bond motifs is 1.